The first-order chi connectivity index (χ1) is 8.79. The van der Waals surface area contributed by atoms with Gasteiger partial charge in [-0.15, -0.1) is 0 Å². The minimum atomic E-state index is 0.277. The maximum atomic E-state index is 5.48. The molecule has 0 saturated carbocycles. The van der Waals surface area contributed by atoms with Crippen molar-refractivity contribution in [3.05, 3.63) is 47.8 Å². The first-order valence-corrected chi connectivity index (χ1v) is 6.23. The van der Waals surface area contributed by atoms with Gasteiger partial charge in [0, 0.05) is 24.3 Å². The summed E-state index contributed by atoms with van der Waals surface area (Å²) in [5.74, 6) is 0.924. The van der Waals surface area contributed by atoms with Crippen molar-refractivity contribution in [3.8, 4) is 5.75 Å². The molecule has 0 aliphatic rings. The Kier molecular flexibility index (Phi) is 4.36. The Morgan fingerprint density at radius 3 is 3.06 bits per heavy atom. The van der Waals surface area contributed by atoms with E-state index in [1.807, 2.05) is 31.5 Å². The maximum Gasteiger partial charge on any atom is 0.119 e. The summed E-state index contributed by atoms with van der Waals surface area (Å²) in [5.41, 5.74) is 2.38. The third kappa shape index (κ3) is 3.34. The molecular weight excluding hydrogens is 226 g/mol. The molecule has 96 valence electrons. The number of aromatic amines is 1. The highest BCUT2D eigenvalue weighted by Crippen LogP contribution is 2.15. The monoisotopic (exact) mass is 245 g/mol. The molecule has 0 aliphatic carbocycles. The molecule has 0 amide bonds. The van der Waals surface area contributed by atoms with E-state index in [4.69, 9.17) is 4.74 Å². The summed E-state index contributed by atoms with van der Waals surface area (Å²) in [5, 5.41) is 10.2. The van der Waals surface area contributed by atoms with Crippen molar-refractivity contribution in [3.63, 3.8) is 0 Å². The summed E-state index contributed by atoms with van der Waals surface area (Å²) in [6, 6.07) is 8.44. The molecule has 0 saturated heterocycles. The Hall–Kier alpha value is -1.81. The van der Waals surface area contributed by atoms with Gasteiger partial charge in [-0.2, -0.15) is 5.10 Å². The zero-order valence-electron chi connectivity index (χ0n) is 10.8. The maximum absolute atomic E-state index is 5.48. The van der Waals surface area contributed by atoms with Crippen LogP contribution in [-0.4, -0.2) is 16.8 Å². The van der Waals surface area contributed by atoms with Gasteiger partial charge in [0.2, 0.25) is 0 Å². The van der Waals surface area contributed by atoms with Crippen molar-refractivity contribution in [1.82, 2.24) is 15.5 Å². The average Bonchev–Trinajstić information content (AvgIpc) is 2.91. The fraction of sp³-hybridized carbons (Fsp3) is 0.357. The van der Waals surface area contributed by atoms with Crippen molar-refractivity contribution >= 4 is 0 Å². The molecule has 4 heteroatoms. The molecule has 1 aromatic heterocycles. The van der Waals surface area contributed by atoms with Crippen LogP contribution in [0, 0.1) is 0 Å². The number of ether oxygens (including phenoxy) is 1. The molecular formula is C14H19N3O. The highest BCUT2D eigenvalue weighted by Gasteiger charge is 2.05. The van der Waals surface area contributed by atoms with Crippen LogP contribution in [-0.2, 0) is 6.54 Å². The summed E-state index contributed by atoms with van der Waals surface area (Å²) in [4.78, 5) is 0. The second-order valence-corrected chi connectivity index (χ2v) is 4.21. The van der Waals surface area contributed by atoms with Crippen molar-refractivity contribution < 1.29 is 4.74 Å². The van der Waals surface area contributed by atoms with Crippen LogP contribution in [0.3, 0.4) is 0 Å². The number of hydrogen-bond donors (Lipinski definition) is 2. The van der Waals surface area contributed by atoms with Crippen molar-refractivity contribution in [2.24, 2.45) is 0 Å². The van der Waals surface area contributed by atoms with Gasteiger partial charge in [-0.05, 0) is 31.5 Å². The summed E-state index contributed by atoms with van der Waals surface area (Å²) < 4.78 is 5.48. The van der Waals surface area contributed by atoms with E-state index in [0.717, 1.165) is 17.9 Å². The minimum absolute atomic E-state index is 0.277. The largest absolute Gasteiger partial charge is 0.494 e. The Morgan fingerprint density at radius 1 is 1.44 bits per heavy atom. The number of benzene rings is 1. The first kappa shape index (κ1) is 12.6. The molecule has 1 unspecified atom stereocenters. The molecule has 2 aromatic rings. The lowest BCUT2D eigenvalue weighted by Crippen LogP contribution is -2.17. The van der Waals surface area contributed by atoms with E-state index in [1.54, 1.807) is 0 Å². The lowest BCUT2D eigenvalue weighted by Gasteiger charge is -2.12. The molecule has 0 aliphatic heterocycles. The molecule has 0 fully saturated rings. The van der Waals surface area contributed by atoms with Gasteiger partial charge in [-0.1, -0.05) is 12.1 Å². The van der Waals surface area contributed by atoms with Gasteiger partial charge in [0.1, 0.15) is 5.75 Å². The number of aromatic nitrogens is 2. The Labute approximate surface area is 107 Å². The standard InChI is InChI=1S/C14H19N3O/c1-3-18-14-6-4-5-12(7-14)8-15-11(2)13-9-16-17-10-13/h4-7,9-11,15H,3,8H2,1-2H3,(H,16,17). The second kappa shape index (κ2) is 6.21. The Bertz CT molecular complexity index is 468. The second-order valence-electron chi connectivity index (χ2n) is 4.21. The van der Waals surface area contributed by atoms with Gasteiger partial charge in [0.15, 0.2) is 0 Å². The van der Waals surface area contributed by atoms with Crippen LogP contribution in [0.2, 0.25) is 0 Å². The Balaban J connectivity index is 1.91. The number of nitrogens with one attached hydrogen (secondary N) is 2. The number of H-pyrrole nitrogens is 1. The highest BCUT2D eigenvalue weighted by atomic mass is 16.5. The van der Waals surface area contributed by atoms with Gasteiger partial charge < -0.3 is 10.1 Å². The van der Waals surface area contributed by atoms with Crippen LogP contribution < -0.4 is 10.1 Å². The average molecular weight is 245 g/mol. The zero-order valence-corrected chi connectivity index (χ0v) is 10.8. The predicted molar refractivity (Wildman–Crippen MR) is 71.5 cm³/mol. The van der Waals surface area contributed by atoms with E-state index in [9.17, 15) is 0 Å². The molecule has 1 atom stereocenters. The molecule has 1 aromatic carbocycles. The summed E-state index contributed by atoms with van der Waals surface area (Å²) in [6.45, 7) is 5.62. The van der Waals surface area contributed by atoms with Gasteiger partial charge >= 0.3 is 0 Å². The molecule has 18 heavy (non-hydrogen) atoms. The molecule has 0 spiro atoms. The van der Waals surface area contributed by atoms with E-state index in [2.05, 4.69) is 34.6 Å². The summed E-state index contributed by atoms with van der Waals surface area (Å²) >= 11 is 0. The SMILES string of the molecule is CCOc1cccc(CNC(C)c2cn[nH]c2)c1. The topological polar surface area (TPSA) is 49.9 Å². The van der Waals surface area contributed by atoms with Crippen LogP contribution in [0.25, 0.3) is 0 Å². The molecule has 0 radical (unpaired) electrons. The minimum Gasteiger partial charge on any atom is -0.494 e. The van der Waals surface area contributed by atoms with Crippen molar-refractivity contribution in [1.29, 1.82) is 0 Å². The lowest BCUT2D eigenvalue weighted by atomic mass is 10.1. The number of nitrogens with zero attached hydrogens (tertiary/aromatic N) is 1. The summed E-state index contributed by atoms with van der Waals surface area (Å²) in [6.07, 6.45) is 3.75. The van der Waals surface area contributed by atoms with Gasteiger partial charge in [-0.3, -0.25) is 5.10 Å². The van der Waals surface area contributed by atoms with Gasteiger partial charge in [0.05, 0.1) is 12.8 Å². The third-order valence-electron chi connectivity index (χ3n) is 2.84. The van der Waals surface area contributed by atoms with E-state index in [0.29, 0.717) is 6.61 Å². The molecule has 2 N–H and O–H groups in total. The first-order valence-electron chi connectivity index (χ1n) is 6.23. The van der Waals surface area contributed by atoms with E-state index < -0.39 is 0 Å². The van der Waals surface area contributed by atoms with Crippen molar-refractivity contribution in [2.45, 2.75) is 26.4 Å². The normalized spacial score (nSPS) is 12.3. The number of rotatable bonds is 6. The van der Waals surface area contributed by atoms with Crippen LogP contribution in [0.1, 0.15) is 31.0 Å². The molecule has 2 rings (SSSR count). The number of hydrogen-bond acceptors (Lipinski definition) is 3. The molecule has 4 nitrogen and oxygen atoms in total. The van der Waals surface area contributed by atoms with Crippen LogP contribution in [0.5, 0.6) is 5.75 Å². The van der Waals surface area contributed by atoms with Gasteiger partial charge in [0.25, 0.3) is 0 Å². The van der Waals surface area contributed by atoms with Crippen LogP contribution in [0.4, 0.5) is 0 Å². The highest BCUT2D eigenvalue weighted by molar-refractivity contribution is 5.28. The van der Waals surface area contributed by atoms with E-state index >= 15 is 0 Å². The Morgan fingerprint density at radius 2 is 2.33 bits per heavy atom. The van der Waals surface area contributed by atoms with Crippen LogP contribution >= 0.6 is 0 Å². The quantitative estimate of drug-likeness (QED) is 0.822. The molecule has 1 heterocycles. The predicted octanol–water partition coefficient (Wildman–Crippen LogP) is 2.66. The fourth-order valence-electron chi connectivity index (χ4n) is 1.80. The van der Waals surface area contributed by atoms with E-state index in [-0.39, 0.29) is 6.04 Å². The lowest BCUT2D eigenvalue weighted by molar-refractivity contribution is 0.339. The van der Waals surface area contributed by atoms with Crippen LogP contribution in [0.15, 0.2) is 36.7 Å². The smallest absolute Gasteiger partial charge is 0.119 e. The zero-order chi connectivity index (χ0) is 12.8. The summed E-state index contributed by atoms with van der Waals surface area (Å²) in [7, 11) is 0. The molecule has 0 bridgehead atoms. The fourth-order valence-corrected chi connectivity index (χ4v) is 1.80. The van der Waals surface area contributed by atoms with Gasteiger partial charge in [-0.25, -0.2) is 0 Å². The third-order valence-corrected chi connectivity index (χ3v) is 2.84. The van der Waals surface area contributed by atoms with Crippen molar-refractivity contribution in [2.75, 3.05) is 6.61 Å². The van der Waals surface area contributed by atoms with E-state index in [1.165, 1.54) is 5.56 Å².